The van der Waals surface area contributed by atoms with E-state index in [0.717, 1.165) is 6.26 Å². The molecular formula is C25H26N2O6S2. The zero-order chi connectivity index (χ0) is 25.2. The Labute approximate surface area is 205 Å². The molecule has 1 heterocycles. The number of benzene rings is 3. The van der Waals surface area contributed by atoms with Crippen LogP contribution in [-0.4, -0.2) is 41.6 Å². The number of anilines is 1. The molecule has 0 aliphatic carbocycles. The molecule has 1 amide bonds. The van der Waals surface area contributed by atoms with Gasteiger partial charge in [0.15, 0.2) is 15.9 Å². The van der Waals surface area contributed by atoms with E-state index >= 15 is 0 Å². The second-order valence-electron chi connectivity index (χ2n) is 8.42. The topological polar surface area (TPSA) is 110 Å². The summed E-state index contributed by atoms with van der Waals surface area (Å²) in [7, 11) is -7.13. The van der Waals surface area contributed by atoms with Gasteiger partial charge in [-0.25, -0.2) is 16.8 Å². The normalized spacial score (nSPS) is 16.6. The maximum atomic E-state index is 13.3. The second kappa shape index (κ2) is 9.71. The average Bonchev–Trinajstić information content (AvgIpc) is 2.83. The number of nitrogens with one attached hydrogen (secondary N) is 1. The van der Waals surface area contributed by atoms with Gasteiger partial charge >= 0.3 is 0 Å². The van der Waals surface area contributed by atoms with Gasteiger partial charge < -0.3 is 10.1 Å². The van der Waals surface area contributed by atoms with Crippen molar-refractivity contribution >= 4 is 31.5 Å². The molecule has 3 aromatic rings. The van der Waals surface area contributed by atoms with Gasteiger partial charge in [-0.05, 0) is 42.3 Å². The number of para-hydroxylation sites is 2. The quantitative estimate of drug-likeness (QED) is 0.519. The number of hydrogen-bond acceptors (Lipinski definition) is 6. The van der Waals surface area contributed by atoms with Crippen molar-refractivity contribution in [3.63, 3.8) is 0 Å². The number of hydrogen-bond donors (Lipinski definition) is 1. The lowest BCUT2D eigenvalue weighted by molar-refractivity contribution is -0.128. The first-order chi connectivity index (χ1) is 16.5. The Morgan fingerprint density at radius 2 is 1.60 bits per heavy atom. The fraction of sp³-hybridized carbons (Fsp3) is 0.240. The monoisotopic (exact) mass is 514 g/mol. The van der Waals surface area contributed by atoms with Crippen molar-refractivity contribution in [3.05, 3.63) is 90.0 Å². The molecule has 2 unspecified atom stereocenters. The molecule has 35 heavy (non-hydrogen) atoms. The van der Waals surface area contributed by atoms with E-state index < -0.39 is 37.9 Å². The summed E-state index contributed by atoms with van der Waals surface area (Å²) in [6.07, 6.45) is 0.0662. The smallest absolute Gasteiger partial charge is 0.263 e. The molecule has 0 fully saturated rings. The number of amides is 1. The summed E-state index contributed by atoms with van der Waals surface area (Å²) in [6, 6.07) is 21.4. The molecular weight excluding hydrogens is 488 g/mol. The lowest BCUT2D eigenvalue weighted by Crippen LogP contribution is -2.51. The minimum absolute atomic E-state index is 0.169. The van der Waals surface area contributed by atoms with Crippen LogP contribution >= 0.6 is 0 Å². The van der Waals surface area contributed by atoms with Crippen LogP contribution in [0, 0.1) is 0 Å². The van der Waals surface area contributed by atoms with Crippen LogP contribution in [0.4, 0.5) is 5.69 Å². The minimum atomic E-state index is -3.80. The van der Waals surface area contributed by atoms with Crippen molar-refractivity contribution < 1.29 is 26.4 Å². The van der Waals surface area contributed by atoms with Crippen molar-refractivity contribution in [1.82, 2.24) is 5.32 Å². The summed E-state index contributed by atoms with van der Waals surface area (Å²) in [5, 5.41) is 2.84. The van der Waals surface area contributed by atoms with Crippen LogP contribution in [-0.2, 0) is 30.4 Å². The standard InChI is InChI=1S/C25H26N2O6S2/c1-18(20-12-14-21(15-13-20)34(2,29)30)26-25(28)24-16-27(22-10-6-7-11-23(22)33-24)35(31,32)17-19-8-4-3-5-9-19/h3-15,18,24H,16-17H2,1-2H3,(H,26,28). The van der Waals surface area contributed by atoms with Crippen molar-refractivity contribution in [2.45, 2.75) is 29.7 Å². The summed E-state index contributed by atoms with van der Waals surface area (Å²) < 4.78 is 57.1. The molecule has 1 aliphatic heterocycles. The van der Waals surface area contributed by atoms with Crippen molar-refractivity contribution in [3.8, 4) is 5.75 Å². The maximum absolute atomic E-state index is 13.3. The number of ether oxygens (including phenoxy) is 1. The molecule has 8 nitrogen and oxygen atoms in total. The SMILES string of the molecule is CC(NC(=O)C1CN(S(=O)(=O)Cc2ccccc2)c2ccccc2O1)c1ccc(S(C)(=O)=O)cc1. The summed E-state index contributed by atoms with van der Waals surface area (Å²) in [5.74, 6) is -0.376. The van der Waals surface area contributed by atoms with Crippen LogP contribution < -0.4 is 14.4 Å². The van der Waals surface area contributed by atoms with Crippen molar-refractivity contribution in [2.75, 3.05) is 17.1 Å². The van der Waals surface area contributed by atoms with Gasteiger partial charge in [-0.3, -0.25) is 9.10 Å². The van der Waals surface area contributed by atoms with E-state index in [9.17, 15) is 21.6 Å². The van der Waals surface area contributed by atoms with Gasteiger partial charge in [-0.1, -0.05) is 54.6 Å². The Morgan fingerprint density at radius 3 is 2.26 bits per heavy atom. The molecule has 4 rings (SSSR count). The van der Waals surface area contributed by atoms with E-state index in [4.69, 9.17) is 4.74 Å². The van der Waals surface area contributed by atoms with Gasteiger partial charge in [0, 0.05) is 6.26 Å². The molecule has 10 heteroatoms. The molecule has 0 bridgehead atoms. The van der Waals surface area contributed by atoms with E-state index in [2.05, 4.69) is 5.32 Å². The third kappa shape index (κ3) is 5.66. The van der Waals surface area contributed by atoms with Crippen LogP contribution in [0.25, 0.3) is 0 Å². The predicted octanol–water partition coefficient (Wildman–Crippen LogP) is 3.06. The molecule has 0 radical (unpaired) electrons. The maximum Gasteiger partial charge on any atom is 0.263 e. The third-order valence-corrected chi connectivity index (χ3v) is 8.57. The highest BCUT2D eigenvalue weighted by Crippen LogP contribution is 2.36. The van der Waals surface area contributed by atoms with Gasteiger partial charge in [0.05, 0.1) is 28.9 Å². The molecule has 1 N–H and O–H groups in total. The average molecular weight is 515 g/mol. The number of sulfone groups is 1. The van der Waals surface area contributed by atoms with E-state index in [0.29, 0.717) is 22.6 Å². The Balaban J connectivity index is 1.54. The highest BCUT2D eigenvalue weighted by atomic mass is 32.2. The number of fused-ring (bicyclic) bond motifs is 1. The number of sulfonamides is 1. The molecule has 1 aliphatic rings. The fourth-order valence-electron chi connectivity index (χ4n) is 3.86. The Kier molecular flexibility index (Phi) is 6.86. The van der Waals surface area contributed by atoms with Crippen LogP contribution in [0.3, 0.4) is 0 Å². The third-order valence-electron chi connectivity index (χ3n) is 5.72. The van der Waals surface area contributed by atoms with E-state index in [1.165, 1.54) is 16.4 Å². The summed E-state index contributed by atoms with van der Waals surface area (Å²) >= 11 is 0. The Bertz CT molecular complexity index is 1420. The molecule has 0 aromatic heterocycles. The molecule has 0 spiro atoms. The first kappa shape index (κ1) is 24.7. The molecule has 0 saturated carbocycles. The van der Waals surface area contributed by atoms with Crippen LogP contribution in [0.5, 0.6) is 5.75 Å². The zero-order valence-corrected chi connectivity index (χ0v) is 20.9. The van der Waals surface area contributed by atoms with Crippen LogP contribution in [0.2, 0.25) is 0 Å². The molecule has 3 aromatic carbocycles. The second-order valence-corrected chi connectivity index (χ2v) is 12.3. The van der Waals surface area contributed by atoms with Crippen LogP contribution in [0.1, 0.15) is 24.1 Å². The summed E-state index contributed by atoms with van der Waals surface area (Å²) in [4.78, 5) is 13.3. The molecule has 0 saturated heterocycles. The van der Waals surface area contributed by atoms with E-state index in [1.807, 2.05) is 6.07 Å². The van der Waals surface area contributed by atoms with Crippen LogP contribution in [0.15, 0.2) is 83.8 Å². The first-order valence-electron chi connectivity index (χ1n) is 10.9. The molecule has 2 atom stereocenters. The lowest BCUT2D eigenvalue weighted by Gasteiger charge is -2.35. The number of nitrogens with zero attached hydrogens (tertiary/aromatic N) is 1. The van der Waals surface area contributed by atoms with Gasteiger partial charge in [0.2, 0.25) is 10.0 Å². The van der Waals surface area contributed by atoms with Crippen molar-refractivity contribution in [2.24, 2.45) is 0 Å². The van der Waals surface area contributed by atoms with E-state index in [-0.39, 0.29) is 17.2 Å². The molecule has 184 valence electrons. The predicted molar refractivity (Wildman–Crippen MR) is 133 cm³/mol. The lowest BCUT2D eigenvalue weighted by atomic mass is 10.1. The minimum Gasteiger partial charge on any atom is -0.476 e. The highest BCUT2D eigenvalue weighted by Gasteiger charge is 2.37. The number of carbonyl (C=O) groups is 1. The zero-order valence-electron chi connectivity index (χ0n) is 19.3. The van der Waals surface area contributed by atoms with Gasteiger partial charge in [0.1, 0.15) is 5.75 Å². The first-order valence-corrected chi connectivity index (χ1v) is 14.4. The summed E-state index contributed by atoms with van der Waals surface area (Å²) in [5.41, 5.74) is 1.73. The van der Waals surface area contributed by atoms with Gasteiger partial charge in [0.25, 0.3) is 5.91 Å². The van der Waals surface area contributed by atoms with Crippen molar-refractivity contribution in [1.29, 1.82) is 0 Å². The number of carbonyl (C=O) groups excluding carboxylic acids is 1. The highest BCUT2D eigenvalue weighted by molar-refractivity contribution is 7.92. The van der Waals surface area contributed by atoms with Gasteiger partial charge in [-0.15, -0.1) is 0 Å². The largest absolute Gasteiger partial charge is 0.476 e. The van der Waals surface area contributed by atoms with Gasteiger partial charge in [-0.2, -0.15) is 0 Å². The fourth-order valence-corrected chi connectivity index (χ4v) is 6.07. The Morgan fingerprint density at radius 1 is 0.971 bits per heavy atom. The summed E-state index contributed by atoms with van der Waals surface area (Å²) in [6.45, 7) is 1.59. The number of rotatable bonds is 7. The Hall–Kier alpha value is -3.37. The van der Waals surface area contributed by atoms with E-state index in [1.54, 1.807) is 67.6 Å².